The number of hydrogen-bond donors (Lipinski definition) is 1. The van der Waals surface area contributed by atoms with Crippen molar-refractivity contribution in [3.63, 3.8) is 0 Å². The highest BCUT2D eigenvalue weighted by molar-refractivity contribution is 9.10. The first-order valence-corrected chi connectivity index (χ1v) is 9.11. The standard InChI is InChI=1S/C17H29BrN4O3/c1-11(2)14-13(18)15(20-19-14)16(24)22(9-8-21(6)7)10-12(23)25-17(3,4)5/h11H,8-10H2,1-7H3,(H,19,20). The van der Waals surface area contributed by atoms with Crippen LogP contribution in [-0.4, -0.2) is 71.2 Å². The van der Waals surface area contributed by atoms with Gasteiger partial charge < -0.3 is 14.5 Å². The lowest BCUT2D eigenvalue weighted by atomic mass is 10.1. The number of likely N-dealkylation sites (N-methyl/N-ethyl adjacent to an activating group) is 1. The number of aromatic amines is 1. The van der Waals surface area contributed by atoms with Gasteiger partial charge in [0, 0.05) is 13.1 Å². The monoisotopic (exact) mass is 416 g/mol. The normalized spacial score (nSPS) is 11.9. The Bertz CT molecular complexity index is 606. The maximum Gasteiger partial charge on any atom is 0.326 e. The van der Waals surface area contributed by atoms with Gasteiger partial charge in [-0.15, -0.1) is 0 Å². The van der Waals surface area contributed by atoms with E-state index in [4.69, 9.17) is 4.74 Å². The average molecular weight is 417 g/mol. The van der Waals surface area contributed by atoms with E-state index < -0.39 is 11.6 Å². The number of carbonyl (C=O) groups excluding carboxylic acids is 2. The number of amides is 1. The van der Waals surface area contributed by atoms with E-state index in [2.05, 4.69) is 26.1 Å². The molecule has 25 heavy (non-hydrogen) atoms. The second-order valence-electron chi connectivity index (χ2n) is 7.57. The lowest BCUT2D eigenvalue weighted by Gasteiger charge is -2.25. The summed E-state index contributed by atoms with van der Waals surface area (Å²) in [4.78, 5) is 28.5. The fourth-order valence-corrected chi connectivity index (χ4v) is 2.92. The van der Waals surface area contributed by atoms with Crippen LogP contribution in [0.4, 0.5) is 0 Å². The topological polar surface area (TPSA) is 78.5 Å². The van der Waals surface area contributed by atoms with Crippen molar-refractivity contribution in [2.24, 2.45) is 0 Å². The molecule has 0 radical (unpaired) electrons. The van der Waals surface area contributed by atoms with Gasteiger partial charge in [-0.25, -0.2) is 0 Å². The number of nitrogens with one attached hydrogen (secondary N) is 1. The molecule has 0 saturated carbocycles. The van der Waals surface area contributed by atoms with E-state index in [1.165, 1.54) is 4.90 Å². The summed E-state index contributed by atoms with van der Waals surface area (Å²) in [7, 11) is 3.83. The number of carbonyl (C=O) groups is 2. The Labute approximate surface area is 158 Å². The number of aromatic nitrogens is 2. The zero-order valence-corrected chi connectivity index (χ0v) is 17.7. The molecule has 7 nitrogen and oxygen atoms in total. The Morgan fingerprint density at radius 1 is 1.24 bits per heavy atom. The van der Waals surface area contributed by atoms with Gasteiger partial charge in [-0.3, -0.25) is 14.7 Å². The molecule has 0 saturated heterocycles. The highest BCUT2D eigenvalue weighted by atomic mass is 79.9. The molecule has 0 fully saturated rings. The highest BCUT2D eigenvalue weighted by Crippen LogP contribution is 2.26. The first-order chi connectivity index (χ1) is 11.4. The number of H-pyrrole nitrogens is 1. The summed E-state index contributed by atoms with van der Waals surface area (Å²) in [6, 6.07) is 0. The molecule has 0 atom stereocenters. The van der Waals surface area contributed by atoms with Crippen LogP contribution in [0.2, 0.25) is 0 Å². The van der Waals surface area contributed by atoms with Gasteiger partial charge in [-0.2, -0.15) is 5.10 Å². The number of esters is 1. The third-order valence-corrected chi connectivity index (χ3v) is 4.16. The van der Waals surface area contributed by atoms with Gasteiger partial charge in [0.1, 0.15) is 12.1 Å². The van der Waals surface area contributed by atoms with Gasteiger partial charge in [0.25, 0.3) is 5.91 Å². The van der Waals surface area contributed by atoms with Crippen LogP contribution >= 0.6 is 15.9 Å². The molecule has 1 aromatic heterocycles. The minimum absolute atomic E-state index is 0.111. The van der Waals surface area contributed by atoms with Crippen LogP contribution in [0.15, 0.2) is 4.47 Å². The number of rotatable bonds is 7. The first-order valence-electron chi connectivity index (χ1n) is 8.32. The molecule has 142 valence electrons. The van der Waals surface area contributed by atoms with E-state index in [0.29, 0.717) is 17.6 Å². The lowest BCUT2D eigenvalue weighted by molar-refractivity contribution is -0.155. The van der Waals surface area contributed by atoms with Crippen LogP contribution < -0.4 is 0 Å². The number of ether oxygens (including phenoxy) is 1. The van der Waals surface area contributed by atoms with Gasteiger partial charge in [0.15, 0.2) is 5.69 Å². The SMILES string of the molecule is CC(C)c1[nH]nc(C(=O)N(CCN(C)C)CC(=O)OC(C)(C)C)c1Br. The summed E-state index contributed by atoms with van der Waals surface area (Å²) in [6.07, 6.45) is 0. The minimum atomic E-state index is -0.592. The molecular formula is C17H29BrN4O3. The van der Waals surface area contributed by atoms with Gasteiger partial charge in [-0.1, -0.05) is 13.8 Å². The van der Waals surface area contributed by atoms with Crippen molar-refractivity contribution >= 4 is 27.8 Å². The molecule has 1 N–H and O–H groups in total. The molecule has 0 aliphatic rings. The second kappa shape index (κ2) is 8.80. The van der Waals surface area contributed by atoms with Crippen LogP contribution in [0.25, 0.3) is 0 Å². The first kappa shape index (κ1) is 21.6. The van der Waals surface area contributed by atoms with Crippen molar-refractivity contribution in [1.82, 2.24) is 20.0 Å². The highest BCUT2D eigenvalue weighted by Gasteiger charge is 2.27. The molecule has 1 aromatic rings. The van der Waals surface area contributed by atoms with Crippen molar-refractivity contribution < 1.29 is 14.3 Å². The third kappa shape index (κ3) is 6.78. The Hall–Kier alpha value is -1.41. The summed E-state index contributed by atoms with van der Waals surface area (Å²) >= 11 is 3.45. The number of halogens is 1. The summed E-state index contributed by atoms with van der Waals surface area (Å²) in [5.41, 5.74) is 0.546. The largest absolute Gasteiger partial charge is 0.459 e. The van der Waals surface area contributed by atoms with Gasteiger partial charge in [0.2, 0.25) is 0 Å². The van der Waals surface area contributed by atoms with Crippen LogP contribution in [0.1, 0.15) is 56.7 Å². The summed E-state index contributed by atoms with van der Waals surface area (Å²) in [5.74, 6) is -0.539. The Balaban J connectivity index is 2.98. The average Bonchev–Trinajstić information content (AvgIpc) is 2.82. The third-order valence-electron chi connectivity index (χ3n) is 3.36. The molecule has 0 bridgehead atoms. The summed E-state index contributed by atoms with van der Waals surface area (Å²) < 4.78 is 5.99. The van der Waals surface area contributed by atoms with Crippen molar-refractivity contribution in [2.45, 2.75) is 46.1 Å². The van der Waals surface area contributed by atoms with Gasteiger partial charge >= 0.3 is 5.97 Å². The van der Waals surface area contributed by atoms with Gasteiger partial charge in [-0.05, 0) is 56.7 Å². The zero-order valence-electron chi connectivity index (χ0n) is 16.1. The molecule has 0 aliphatic carbocycles. The van der Waals surface area contributed by atoms with Crippen molar-refractivity contribution in [3.8, 4) is 0 Å². The fraction of sp³-hybridized carbons (Fsp3) is 0.706. The lowest BCUT2D eigenvalue weighted by Crippen LogP contribution is -2.42. The van der Waals surface area contributed by atoms with E-state index in [9.17, 15) is 9.59 Å². The summed E-state index contributed by atoms with van der Waals surface area (Å²) in [6.45, 7) is 10.4. The van der Waals surface area contributed by atoms with Crippen LogP contribution in [0.3, 0.4) is 0 Å². The zero-order chi connectivity index (χ0) is 19.4. The van der Waals surface area contributed by atoms with E-state index in [-0.39, 0.29) is 24.1 Å². The van der Waals surface area contributed by atoms with E-state index in [1.807, 2.05) is 32.8 Å². The van der Waals surface area contributed by atoms with Crippen LogP contribution in [-0.2, 0) is 9.53 Å². The molecule has 0 unspecified atom stereocenters. The second-order valence-corrected chi connectivity index (χ2v) is 8.36. The smallest absolute Gasteiger partial charge is 0.326 e. The van der Waals surface area contributed by atoms with Crippen LogP contribution in [0.5, 0.6) is 0 Å². The number of hydrogen-bond acceptors (Lipinski definition) is 5. The van der Waals surface area contributed by atoms with Crippen molar-refractivity contribution in [3.05, 3.63) is 15.9 Å². The Kier molecular flexibility index (Phi) is 7.62. The van der Waals surface area contributed by atoms with Crippen molar-refractivity contribution in [1.29, 1.82) is 0 Å². The molecule has 0 aliphatic heterocycles. The molecule has 1 rings (SSSR count). The molecule has 1 amide bonds. The number of nitrogens with zero attached hydrogens (tertiary/aromatic N) is 3. The van der Waals surface area contributed by atoms with E-state index in [0.717, 1.165) is 5.69 Å². The fourth-order valence-electron chi connectivity index (χ4n) is 2.12. The van der Waals surface area contributed by atoms with Gasteiger partial charge in [0.05, 0.1) is 10.2 Å². The molecule has 1 heterocycles. The quantitative estimate of drug-likeness (QED) is 0.691. The molecule has 8 heteroatoms. The molecule has 0 spiro atoms. The molecule has 0 aromatic carbocycles. The summed E-state index contributed by atoms with van der Waals surface area (Å²) in [5, 5.41) is 7.03. The minimum Gasteiger partial charge on any atom is -0.459 e. The Morgan fingerprint density at radius 3 is 2.28 bits per heavy atom. The maximum absolute atomic E-state index is 12.9. The van der Waals surface area contributed by atoms with E-state index in [1.54, 1.807) is 20.8 Å². The predicted octanol–water partition coefficient (Wildman–Crippen LogP) is 2.64. The maximum atomic E-state index is 12.9. The predicted molar refractivity (Wildman–Crippen MR) is 101 cm³/mol. The van der Waals surface area contributed by atoms with Crippen molar-refractivity contribution in [2.75, 3.05) is 33.7 Å². The van der Waals surface area contributed by atoms with Crippen LogP contribution in [0, 0.1) is 0 Å². The molecular weight excluding hydrogens is 388 g/mol. The Morgan fingerprint density at radius 2 is 1.84 bits per heavy atom. The van der Waals surface area contributed by atoms with E-state index >= 15 is 0 Å².